The second-order valence-electron chi connectivity index (χ2n) is 8.95. The lowest BCUT2D eigenvalue weighted by molar-refractivity contribution is 0.0285. The molecular weight excluding hydrogens is 378 g/mol. The van der Waals surface area contributed by atoms with Crippen molar-refractivity contribution in [2.75, 3.05) is 11.9 Å². The third kappa shape index (κ3) is 5.32. The van der Waals surface area contributed by atoms with Crippen molar-refractivity contribution in [1.29, 1.82) is 0 Å². The summed E-state index contributed by atoms with van der Waals surface area (Å²) in [6, 6.07) is 19.0. The summed E-state index contributed by atoms with van der Waals surface area (Å²) in [5, 5.41) is 12.7. The average molecular weight is 410 g/mol. The minimum Gasteiger partial charge on any atom is -0.465 e. The van der Waals surface area contributed by atoms with Gasteiger partial charge in [-0.25, -0.2) is 9.59 Å². The Hall–Kier alpha value is -3.02. The molecule has 160 valence electrons. The topological polar surface area (TPSA) is 72.9 Å². The van der Waals surface area contributed by atoms with E-state index in [1.807, 2.05) is 65.6 Å². The molecule has 30 heavy (non-hydrogen) atoms. The molecule has 1 aliphatic rings. The van der Waals surface area contributed by atoms with Gasteiger partial charge in [0.05, 0.1) is 0 Å². The summed E-state index contributed by atoms with van der Waals surface area (Å²) < 4.78 is 0. The molecule has 1 heterocycles. The number of hydrogen-bond acceptors (Lipinski definition) is 2. The van der Waals surface area contributed by atoms with E-state index in [-0.39, 0.29) is 23.5 Å². The molecule has 0 radical (unpaired) electrons. The van der Waals surface area contributed by atoms with Crippen LogP contribution in [0.1, 0.15) is 39.2 Å². The van der Waals surface area contributed by atoms with E-state index in [2.05, 4.69) is 26.1 Å². The standard InChI is InChI=1S/C24H31N3O3/c1-24(2,3)21-16-20(14-15-26(21)23(29)30)27(17-18-10-6-4-7-11-18)22(28)25-19-12-8-5-9-13-19/h4-13,20-21H,14-17H2,1-3H3,(H,25,28)(H,29,30). The normalized spacial score (nSPS) is 19.2. The maximum absolute atomic E-state index is 13.3. The number of likely N-dealkylation sites (tertiary alicyclic amines) is 1. The van der Waals surface area contributed by atoms with Crippen molar-refractivity contribution < 1.29 is 14.7 Å². The van der Waals surface area contributed by atoms with Crippen LogP contribution in [0, 0.1) is 5.41 Å². The van der Waals surface area contributed by atoms with Gasteiger partial charge in [-0.1, -0.05) is 69.3 Å². The third-order valence-corrected chi connectivity index (χ3v) is 5.74. The largest absolute Gasteiger partial charge is 0.465 e. The highest BCUT2D eigenvalue weighted by atomic mass is 16.4. The van der Waals surface area contributed by atoms with E-state index in [0.29, 0.717) is 25.9 Å². The zero-order valence-corrected chi connectivity index (χ0v) is 17.9. The van der Waals surface area contributed by atoms with Gasteiger partial charge in [-0.15, -0.1) is 0 Å². The molecule has 2 N–H and O–H groups in total. The molecule has 0 bridgehead atoms. The van der Waals surface area contributed by atoms with Gasteiger partial charge in [0.25, 0.3) is 0 Å². The van der Waals surface area contributed by atoms with Crippen molar-refractivity contribution >= 4 is 17.8 Å². The molecule has 6 heteroatoms. The highest BCUT2D eigenvalue weighted by Gasteiger charge is 2.41. The first kappa shape index (κ1) is 21.7. The summed E-state index contributed by atoms with van der Waals surface area (Å²) in [6.07, 6.45) is 0.343. The number of urea groups is 1. The van der Waals surface area contributed by atoms with E-state index in [4.69, 9.17) is 0 Å². The van der Waals surface area contributed by atoms with Crippen LogP contribution in [-0.2, 0) is 6.54 Å². The average Bonchev–Trinajstić information content (AvgIpc) is 2.72. The summed E-state index contributed by atoms with van der Waals surface area (Å²) in [6.45, 7) is 7.07. The Morgan fingerprint density at radius 3 is 2.23 bits per heavy atom. The molecule has 3 amide bonds. The maximum Gasteiger partial charge on any atom is 0.407 e. The predicted molar refractivity (Wildman–Crippen MR) is 118 cm³/mol. The van der Waals surface area contributed by atoms with Gasteiger partial charge in [0.15, 0.2) is 0 Å². The Bertz CT molecular complexity index is 849. The van der Waals surface area contributed by atoms with Gasteiger partial charge in [0, 0.05) is 30.9 Å². The molecule has 2 aromatic carbocycles. The van der Waals surface area contributed by atoms with Crippen molar-refractivity contribution in [3.63, 3.8) is 0 Å². The predicted octanol–water partition coefficient (Wildman–Crippen LogP) is 5.28. The first-order valence-electron chi connectivity index (χ1n) is 10.4. The van der Waals surface area contributed by atoms with Crippen LogP contribution in [0.2, 0.25) is 0 Å². The zero-order valence-electron chi connectivity index (χ0n) is 17.9. The van der Waals surface area contributed by atoms with Gasteiger partial charge in [-0.3, -0.25) is 0 Å². The second-order valence-corrected chi connectivity index (χ2v) is 8.95. The molecule has 0 spiro atoms. The van der Waals surface area contributed by atoms with E-state index in [1.54, 1.807) is 0 Å². The Labute approximate surface area is 178 Å². The Morgan fingerprint density at radius 1 is 1.07 bits per heavy atom. The van der Waals surface area contributed by atoms with Crippen LogP contribution < -0.4 is 5.32 Å². The molecule has 2 aromatic rings. The number of para-hydroxylation sites is 1. The van der Waals surface area contributed by atoms with Gasteiger partial charge in [-0.05, 0) is 36.0 Å². The number of hydrogen-bond donors (Lipinski definition) is 2. The number of amides is 3. The number of rotatable bonds is 4. The van der Waals surface area contributed by atoms with Crippen LogP contribution in [0.25, 0.3) is 0 Å². The fraction of sp³-hybridized carbons (Fsp3) is 0.417. The highest BCUT2D eigenvalue weighted by molar-refractivity contribution is 5.89. The lowest BCUT2D eigenvalue weighted by atomic mass is 9.79. The fourth-order valence-electron chi connectivity index (χ4n) is 4.14. The van der Waals surface area contributed by atoms with Gasteiger partial charge < -0.3 is 20.2 Å². The minimum atomic E-state index is -0.892. The molecule has 2 unspecified atom stereocenters. The quantitative estimate of drug-likeness (QED) is 0.722. The number of nitrogens with one attached hydrogen (secondary N) is 1. The van der Waals surface area contributed by atoms with Crippen molar-refractivity contribution in [1.82, 2.24) is 9.80 Å². The van der Waals surface area contributed by atoms with E-state index in [1.165, 1.54) is 4.90 Å². The SMILES string of the molecule is CC(C)(C)C1CC(N(Cc2ccccc2)C(=O)Nc2ccccc2)CCN1C(=O)O. The van der Waals surface area contributed by atoms with Crippen LogP contribution in [0.15, 0.2) is 60.7 Å². The summed E-state index contributed by atoms with van der Waals surface area (Å²) >= 11 is 0. The van der Waals surface area contributed by atoms with Crippen LogP contribution >= 0.6 is 0 Å². The van der Waals surface area contributed by atoms with Gasteiger partial charge in [-0.2, -0.15) is 0 Å². The fourth-order valence-corrected chi connectivity index (χ4v) is 4.14. The van der Waals surface area contributed by atoms with Gasteiger partial charge in [0.1, 0.15) is 0 Å². The first-order chi connectivity index (χ1) is 14.3. The van der Waals surface area contributed by atoms with Crippen molar-refractivity contribution in [2.45, 2.75) is 52.2 Å². The number of piperidine rings is 1. The molecule has 1 aliphatic heterocycles. The number of nitrogens with zero attached hydrogens (tertiary/aromatic N) is 2. The lowest BCUT2D eigenvalue weighted by Crippen LogP contribution is -2.57. The number of carbonyl (C=O) groups excluding carboxylic acids is 1. The molecule has 0 aliphatic carbocycles. The van der Waals surface area contributed by atoms with E-state index >= 15 is 0 Å². The first-order valence-corrected chi connectivity index (χ1v) is 10.4. The Kier molecular flexibility index (Phi) is 6.65. The van der Waals surface area contributed by atoms with Crippen molar-refractivity contribution in [3.05, 3.63) is 66.2 Å². The minimum absolute atomic E-state index is 0.0475. The number of anilines is 1. The smallest absolute Gasteiger partial charge is 0.407 e. The molecule has 1 fully saturated rings. The molecule has 6 nitrogen and oxygen atoms in total. The maximum atomic E-state index is 13.3. The number of carboxylic acid groups (broad SMARTS) is 1. The summed E-state index contributed by atoms with van der Waals surface area (Å²) in [5.74, 6) is 0. The summed E-state index contributed by atoms with van der Waals surface area (Å²) in [4.78, 5) is 28.5. The lowest BCUT2D eigenvalue weighted by Gasteiger charge is -2.47. The second kappa shape index (κ2) is 9.20. The van der Waals surface area contributed by atoms with Crippen LogP contribution in [0.3, 0.4) is 0 Å². The summed E-state index contributed by atoms with van der Waals surface area (Å²) in [7, 11) is 0. The summed E-state index contributed by atoms with van der Waals surface area (Å²) in [5.41, 5.74) is 1.58. The number of carbonyl (C=O) groups is 2. The molecule has 2 atom stereocenters. The van der Waals surface area contributed by atoms with Gasteiger partial charge >= 0.3 is 12.1 Å². The molecule has 0 saturated carbocycles. The Balaban J connectivity index is 1.85. The van der Waals surface area contributed by atoms with Crippen LogP contribution in [-0.4, -0.2) is 45.7 Å². The van der Waals surface area contributed by atoms with Crippen LogP contribution in [0.4, 0.5) is 15.3 Å². The molecule has 3 rings (SSSR count). The van der Waals surface area contributed by atoms with E-state index < -0.39 is 6.09 Å². The van der Waals surface area contributed by atoms with E-state index in [0.717, 1.165) is 11.3 Å². The Morgan fingerprint density at radius 2 is 1.67 bits per heavy atom. The molecular formula is C24H31N3O3. The zero-order chi connectivity index (χ0) is 21.7. The van der Waals surface area contributed by atoms with Gasteiger partial charge in [0.2, 0.25) is 0 Å². The van der Waals surface area contributed by atoms with Crippen molar-refractivity contribution in [3.8, 4) is 0 Å². The highest BCUT2D eigenvalue weighted by Crippen LogP contribution is 2.34. The number of benzene rings is 2. The molecule has 1 saturated heterocycles. The third-order valence-electron chi connectivity index (χ3n) is 5.74. The monoisotopic (exact) mass is 409 g/mol. The molecule has 0 aromatic heterocycles. The van der Waals surface area contributed by atoms with Crippen LogP contribution in [0.5, 0.6) is 0 Å². The van der Waals surface area contributed by atoms with E-state index in [9.17, 15) is 14.7 Å². The van der Waals surface area contributed by atoms with Crippen molar-refractivity contribution in [2.24, 2.45) is 5.41 Å².